The molecular formula is C25H23N3O5S. The lowest BCUT2D eigenvalue weighted by atomic mass is 9.97. The van der Waals surface area contributed by atoms with Crippen molar-refractivity contribution in [2.75, 3.05) is 13.2 Å². The van der Waals surface area contributed by atoms with Crippen LogP contribution in [-0.4, -0.2) is 28.1 Å². The van der Waals surface area contributed by atoms with Crippen LogP contribution in [0.2, 0.25) is 0 Å². The number of nitro benzene ring substituents is 1. The second-order valence-corrected chi connectivity index (χ2v) is 9.34. The molecule has 34 heavy (non-hydrogen) atoms. The second-order valence-electron chi connectivity index (χ2n) is 8.25. The van der Waals surface area contributed by atoms with Crippen LogP contribution in [0.1, 0.15) is 28.8 Å². The summed E-state index contributed by atoms with van der Waals surface area (Å²) in [6, 6.07) is 12.0. The third-order valence-electron chi connectivity index (χ3n) is 5.88. The molecule has 174 valence electrons. The summed E-state index contributed by atoms with van der Waals surface area (Å²) in [5.74, 6) is 1.38. The summed E-state index contributed by atoms with van der Waals surface area (Å²) in [5.41, 5.74) is 2.28. The molecule has 0 fully saturated rings. The molecule has 1 aliphatic carbocycles. The number of hydrogen-bond acceptors (Lipinski definition) is 7. The molecule has 0 spiro atoms. The zero-order valence-electron chi connectivity index (χ0n) is 18.6. The maximum absolute atomic E-state index is 13.0. The molecule has 8 nitrogen and oxygen atoms in total. The molecule has 0 radical (unpaired) electrons. The van der Waals surface area contributed by atoms with Crippen molar-refractivity contribution in [3.8, 4) is 22.9 Å². The molecule has 2 aromatic heterocycles. The number of rotatable bonds is 7. The highest BCUT2D eigenvalue weighted by Gasteiger charge is 2.22. The van der Waals surface area contributed by atoms with Crippen LogP contribution in [0.25, 0.3) is 21.6 Å². The van der Waals surface area contributed by atoms with Crippen molar-refractivity contribution in [1.82, 2.24) is 9.97 Å². The standard InChI is InChI=1S/C25H23N3O5S/c1-15-6-9-17(10-7-15)32-12-13-33-20-11-8-16(28(30)31)14-19(20)23-26-24(29)22-18-4-2-3-5-21(18)34-25(22)27-23/h6-11,14H,2-5,12-13H2,1H3,(H,26,27,29). The van der Waals surface area contributed by atoms with Gasteiger partial charge in [-0.25, -0.2) is 4.98 Å². The van der Waals surface area contributed by atoms with Gasteiger partial charge in [0.05, 0.1) is 15.9 Å². The third kappa shape index (κ3) is 4.38. The van der Waals surface area contributed by atoms with E-state index in [0.29, 0.717) is 28.1 Å². The Morgan fingerprint density at radius 2 is 1.85 bits per heavy atom. The zero-order valence-corrected chi connectivity index (χ0v) is 19.4. The highest BCUT2D eigenvalue weighted by Crippen LogP contribution is 2.36. The Bertz CT molecular complexity index is 1430. The van der Waals surface area contributed by atoms with E-state index in [9.17, 15) is 14.9 Å². The van der Waals surface area contributed by atoms with Crippen molar-refractivity contribution < 1.29 is 14.4 Å². The fourth-order valence-corrected chi connectivity index (χ4v) is 5.44. The van der Waals surface area contributed by atoms with Gasteiger partial charge in [0.2, 0.25) is 0 Å². The minimum atomic E-state index is -0.478. The van der Waals surface area contributed by atoms with Gasteiger partial charge < -0.3 is 14.5 Å². The van der Waals surface area contributed by atoms with Crippen LogP contribution >= 0.6 is 11.3 Å². The van der Waals surface area contributed by atoms with Crippen molar-refractivity contribution in [2.24, 2.45) is 0 Å². The first kappa shape index (κ1) is 22.1. The summed E-state index contributed by atoms with van der Waals surface area (Å²) in [7, 11) is 0. The van der Waals surface area contributed by atoms with Crippen LogP contribution in [0.5, 0.6) is 11.5 Å². The number of ether oxygens (including phenoxy) is 2. The van der Waals surface area contributed by atoms with E-state index in [1.165, 1.54) is 34.4 Å². The number of non-ortho nitro benzene ring substituents is 1. The van der Waals surface area contributed by atoms with E-state index in [1.54, 1.807) is 0 Å². The van der Waals surface area contributed by atoms with Crippen LogP contribution in [0, 0.1) is 17.0 Å². The molecule has 0 bridgehead atoms. The predicted molar refractivity (Wildman–Crippen MR) is 131 cm³/mol. The lowest BCUT2D eigenvalue weighted by Gasteiger charge is -2.12. The first-order chi connectivity index (χ1) is 16.5. The van der Waals surface area contributed by atoms with Gasteiger partial charge in [-0.05, 0) is 56.4 Å². The SMILES string of the molecule is Cc1ccc(OCCOc2ccc([N+](=O)[O-])cc2-c2nc3sc4c(c3c(=O)[nH]2)CCCC4)cc1. The summed E-state index contributed by atoms with van der Waals surface area (Å²) in [4.78, 5) is 33.3. The molecule has 5 rings (SSSR count). The van der Waals surface area contributed by atoms with E-state index in [1.807, 2.05) is 31.2 Å². The van der Waals surface area contributed by atoms with Crippen molar-refractivity contribution in [3.63, 3.8) is 0 Å². The minimum Gasteiger partial charge on any atom is -0.490 e. The van der Waals surface area contributed by atoms with Crippen LogP contribution < -0.4 is 15.0 Å². The molecule has 0 atom stereocenters. The van der Waals surface area contributed by atoms with Crippen molar-refractivity contribution in [1.29, 1.82) is 0 Å². The predicted octanol–water partition coefficient (Wildman–Crippen LogP) is 5.20. The molecule has 9 heteroatoms. The lowest BCUT2D eigenvalue weighted by molar-refractivity contribution is -0.384. The Morgan fingerprint density at radius 3 is 2.65 bits per heavy atom. The number of nitro groups is 1. The molecular weight excluding hydrogens is 454 g/mol. The average Bonchev–Trinajstić information content (AvgIpc) is 3.22. The largest absolute Gasteiger partial charge is 0.490 e. The Labute approximate surface area is 199 Å². The van der Waals surface area contributed by atoms with E-state index in [0.717, 1.165) is 42.6 Å². The number of nitrogens with zero attached hydrogens (tertiary/aromatic N) is 2. The van der Waals surface area contributed by atoms with Gasteiger partial charge >= 0.3 is 0 Å². The number of H-pyrrole nitrogens is 1. The monoisotopic (exact) mass is 477 g/mol. The van der Waals surface area contributed by atoms with Gasteiger partial charge in [-0.15, -0.1) is 11.3 Å². The molecule has 0 saturated carbocycles. The van der Waals surface area contributed by atoms with Gasteiger partial charge in [-0.1, -0.05) is 17.7 Å². The molecule has 1 N–H and O–H groups in total. The molecule has 0 saturated heterocycles. The van der Waals surface area contributed by atoms with Crippen molar-refractivity contribution in [3.05, 3.63) is 78.9 Å². The zero-order chi connectivity index (χ0) is 23.7. The minimum absolute atomic E-state index is 0.105. The van der Waals surface area contributed by atoms with Crippen LogP contribution in [0.15, 0.2) is 47.3 Å². The fourth-order valence-electron chi connectivity index (χ4n) is 4.18. The van der Waals surface area contributed by atoms with E-state index >= 15 is 0 Å². The molecule has 4 aromatic rings. The maximum Gasteiger partial charge on any atom is 0.270 e. The van der Waals surface area contributed by atoms with E-state index < -0.39 is 4.92 Å². The highest BCUT2D eigenvalue weighted by molar-refractivity contribution is 7.18. The van der Waals surface area contributed by atoms with Gasteiger partial charge in [0.25, 0.3) is 11.2 Å². The van der Waals surface area contributed by atoms with Crippen molar-refractivity contribution >= 4 is 27.2 Å². The smallest absolute Gasteiger partial charge is 0.270 e. The number of benzene rings is 2. The summed E-state index contributed by atoms with van der Waals surface area (Å²) in [6.45, 7) is 2.52. The van der Waals surface area contributed by atoms with E-state index in [2.05, 4.69) is 9.97 Å². The maximum atomic E-state index is 13.0. The normalized spacial score (nSPS) is 13.0. The molecule has 1 aliphatic rings. The highest BCUT2D eigenvalue weighted by atomic mass is 32.1. The van der Waals surface area contributed by atoms with Gasteiger partial charge in [0, 0.05) is 17.0 Å². The molecule has 0 aliphatic heterocycles. The first-order valence-electron chi connectivity index (χ1n) is 11.2. The van der Waals surface area contributed by atoms with Gasteiger partial charge in [0.15, 0.2) is 0 Å². The number of fused-ring (bicyclic) bond motifs is 3. The van der Waals surface area contributed by atoms with Gasteiger partial charge in [0.1, 0.15) is 35.4 Å². The van der Waals surface area contributed by atoms with Gasteiger partial charge in [-0.3, -0.25) is 14.9 Å². The number of aromatic nitrogens is 2. The summed E-state index contributed by atoms with van der Waals surface area (Å²) in [5, 5.41) is 12.0. The number of hydrogen-bond donors (Lipinski definition) is 1. The Kier molecular flexibility index (Phi) is 6.02. The summed E-state index contributed by atoms with van der Waals surface area (Å²) < 4.78 is 11.6. The fraction of sp³-hybridized carbons (Fsp3) is 0.280. The van der Waals surface area contributed by atoms with E-state index in [4.69, 9.17) is 9.47 Å². The molecule has 2 aromatic carbocycles. The topological polar surface area (TPSA) is 107 Å². The second kappa shape index (κ2) is 9.26. The number of aromatic amines is 1. The Morgan fingerprint density at radius 1 is 1.09 bits per heavy atom. The van der Waals surface area contributed by atoms with E-state index in [-0.39, 0.29) is 23.7 Å². The number of aryl methyl sites for hydroxylation is 3. The van der Waals surface area contributed by atoms with Crippen molar-refractivity contribution in [2.45, 2.75) is 32.6 Å². The lowest BCUT2D eigenvalue weighted by Crippen LogP contribution is -2.13. The molecule has 2 heterocycles. The summed E-state index contributed by atoms with van der Waals surface area (Å²) >= 11 is 1.53. The van der Waals surface area contributed by atoms with Crippen LogP contribution in [0.3, 0.4) is 0 Å². The van der Waals surface area contributed by atoms with Gasteiger partial charge in [-0.2, -0.15) is 0 Å². The Hall–Kier alpha value is -3.72. The summed E-state index contributed by atoms with van der Waals surface area (Å²) in [6.07, 6.45) is 4.01. The Balaban J connectivity index is 1.44. The average molecular weight is 478 g/mol. The van der Waals surface area contributed by atoms with Crippen LogP contribution in [0.4, 0.5) is 5.69 Å². The number of nitrogens with one attached hydrogen (secondary N) is 1. The first-order valence-corrected chi connectivity index (χ1v) is 12.0. The number of thiophene rings is 1. The third-order valence-corrected chi connectivity index (χ3v) is 7.07. The molecule has 0 unspecified atom stereocenters. The quantitative estimate of drug-likeness (QED) is 0.223. The molecule has 0 amide bonds. The van der Waals surface area contributed by atoms with Crippen LogP contribution in [-0.2, 0) is 12.8 Å².